The number of ether oxygens (including phenoxy) is 2. The quantitative estimate of drug-likeness (QED) is 0.451. The number of carboxylic acid groups (broad SMARTS) is 1. The first-order valence-corrected chi connectivity index (χ1v) is 11.4. The highest BCUT2D eigenvalue weighted by molar-refractivity contribution is 6.51. The molecule has 1 fully saturated rings. The van der Waals surface area contributed by atoms with Crippen molar-refractivity contribution in [3.8, 4) is 11.5 Å². The molecule has 0 spiro atoms. The number of carbonyl (C=O) groups is 2. The molecule has 2 atom stereocenters. The second kappa shape index (κ2) is 10.2. The molecular weight excluding hydrogens is 453 g/mol. The molecule has 0 aliphatic carbocycles. The van der Waals surface area contributed by atoms with E-state index in [4.69, 9.17) is 26.2 Å². The van der Waals surface area contributed by atoms with E-state index in [1.807, 2.05) is 51.4 Å². The van der Waals surface area contributed by atoms with Gasteiger partial charge in [-0.3, -0.25) is 9.69 Å². The molecule has 173 valence electrons. The largest absolute Gasteiger partial charge is 0.481 e. The van der Waals surface area contributed by atoms with Crippen LogP contribution in [0.5, 0.6) is 11.5 Å². The van der Waals surface area contributed by atoms with Crippen LogP contribution in [0.3, 0.4) is 0 Å². The molecular formula is C26H24BClNO5. The number of carbonyl (C=O) groups excluding carboxylic acids is 1. The van der Waals surface area contributed by atoms with Gasteiger partial charge in [0, 0.05) is 10.6 Å². The number of rotatable bonds is 8. The normalized spacial score (nSPS) is 17.4. The summed E-state index contributed by atoms with van der Waals surface area (Å²) in [6.07, 6.45) is -0.882. The molecule has 6 nitrogen and oxygen atoms in total. The van der Waals surface area contributed by atoms with Gasteiger partial charge < -0.3 is 14.6 Å². The van der Waals surface area contributed by atoms with Gasteiger partial charge >= 0.3 is 12.1 Å². The number of benzene rings is 3. The maximum absolute atomic E-state index is 12.8. The SMILES string of the molecule is C[B]c1ccc(Oc2cccc(CC(=O)O)c2)c(CN2C(=O)O[C@H](c3ccc(Cl)cc3)[C@@H]2C)c1. The van der Waals surface area contributed by atoms with Crippen LogP contribution in [0.15, 0.2) is 66.7 Å². The molecule has 8 heteroatoms. The first-order chi connectivity index (χ1) is 16.3. The van der Waals surface area contributed by atoms with Gasteiger partial charge in [-0.1, -0.05) is 60.3 Å². The summed E-state index contributed by atoms with van der Waals surface area (Å²) in [6, 6.07) is 19.9. The molecule has 4 rings (SSSR count). The van der Waals surface area contributed by atoms with Crippen molar-refractivity contribution in [1.29, 1.82) is 0 Å². The molecule has 1 radical (unpaired) electrons. The average molecular weight is 477 g/mol. The van der Waals surface area contributed by atoms with Crippen molar-refractivity contribution >= 4 is 36.4 Å². The summed E-state index contributed by atoms with van der Waals surface area (Å²) in [6.45, 7) is 4.20. The van der Waals surface area contributed by atoms with Crippen molar-refractivity contribution in [3.63, 3.8) is 0 Å². The second-order valence-corrected chi connectivity index (χ2v) is 8.64. The fourth-order valence-electron chi connectivity index (χ4n) is 4.02. The van der Waals surface area contributed by atoms with Crippen molar-refractivity contribution < 1.29 is 24.2 Å². The highest BCUT2D eigenvalue weighted by Crippen LogP contribution is 2.35. The number of aliphatic carboxylic acids is 1. The second-order valence-electron chi connectivity index (χ2n) is 8.20. The molecule has 34 heavy (non-hydrogen) atoms. The number of nitrogens with zero attached hydrogens (tertiary/aromatic N) is 1. The van der Waals surface area contributed by atoms with Gasteiger partial charge in [-0.25, -0.2) is 4.79 Å². The van der Waals surface area contributed by atoms with Crippen LogP contribution < -0.4 is 10.2 Å². The lowest BCUT2D eigenvalue weighted by atomic mass is 9.73. The van der Waals surface area contributed by atoms with Crippen LogP contribution in [0.2, 0.25) is 11.8 Å². The Morgan fingerprint density at radius 1 is 1.15 bits per heavy atom. The monoisotopic (exact) mass is 476 g/mol. The van der Waals surface area contributed by atoms with Crippen molar-refractivity contribution in [1.82, 2.24) is 4.90 Å². The number of carboxylic acids is 1. The number of cyclic esters (lactones) is 1. The van der Waals surface area contributed by atoms with Gasteiger partial charge in [0.2, 0.25) is 0 Å². The minimum atomic E-state index is -0.905. The number of hydrogen-bond donors (Lipinski definition) is 1. The Hall–Kier alpha value is -3.45. The van der Waals surface area contributed by atoms with Crippen LogP contribution in [-0.4, -0.2) is 35.4 Å². The van der Waals surface area contributed by atoms with Gasteiger partial charge in [-0.2, -0.15) is 0 Å². The van der Waals surface area contributed by atoms with E-state index >= 15 is 0 Å². The summed E-state index contributed by atoms with van der Waals surface area (Å²) in [7, 11) is 1.98. The highest BCUT2D eigenvalue weighted by atomic mass is 35.5. The van der Waals surface area contributed by atoms with E-state index in [2.05, 4.69) is 0 Å². The maximum Gasteiger partial charge on any atom is 0.411 e. The van der Waals surface area contributed by atoms with Gasteiger partial charge in [0.15, 0.2) is 0 Å². The van der Waals surface area contributed by atoms with Crippen LogP contribution >= 0.6 is 11.6 Å². The van der Waals surface area contributed by atoms with E-state index in [0.717, 1.165) is 16.6 Å². The molecule has 1 saturated heterocycles. The third-order valence-corrected chi connectivity index (χ3v) is 6.08. The first kappa shape index (κ1) is 23.7. The lowest BCUT2D eigenvalue weighted by molar-refractivity contribution is -0.136. The molecule has 1 N–H and O–H groups in total. The molecule has 3 aromatic carbocycles. The standard InChI is InChI=1S/C26H24BClNO5/c1-16-25(18-6-9-21(28)10-7-18)34-26(32)29(16)15-19-14-20(27-2)8-11-23(19)33-22-5-3-4-17(12-22)13-24(30)31/h3-12,14,16,25H,13,15H2,1-2H3,(H,30,31)/t16-,25-/m0/s1. The van der Waals surface area contributed by atoms with Crippen LogP contribution in [0.1, 0.15) is 29.7 Å². The minimum absolute atomic E-state index is 0.0863. The zero-order valence-electron chi connectivity index (χ0n) is 18.9. The summed E-state index contributed by atoms with van der Waals surface area (Å²) < 4.78 is 11.8. The lowest BCUT2D eigenvalue weighted by Gasteiger charge is -2.23. The van der Waals surface area contributed by atoms with E-state index in [1.165, 1.54) is 0 Å². The summed E-state index contributed by atoms with van der Waals surface area (Å²) >= 11 is 6.00. The van der Waals surface area contributed by atoms with Gasteiger partial charge in [-0.15, -0.1) is 0 Å². The predicted octanol–water partition coefficient (Wildman–Crippen LogP) is 5.22. The Labute approximate surface area is 204 Å². The van der Waals surface area contributed by atoms with Crippen LogP contribution in [-0.2, 0) is 22.5 Å². The zero-order valence-corrected chi connectivity index (χ0v) is 19.7. The molecule has 1 aliphatic rings. The van der Waals surface area contributed by atoms with Gasteiger partial charge in [0.1, 0.15) is 24.9 Å². The molecule has 0 bridgehead atoms. The minimum Gasteiger partial charge on any atom is -0.481 e. The third kappa shape index (κ3) is 5.37. The molecule has 1 amide bonds. The smallest absolute Gasteiger partial charge is 0.411 e. The molecule has 0 saturated carbocycles. The predicted molar refractivity (Wildman–Crippen MR) is 131 cm³/mol. The van der Waals surface area contributed by atoms with Crippen molar-refractivity contribution in [2.75, 3.05) is 0 Å². The Bertz CT molecular complexity index is 1200. The van der Waals surface area contributed by atoms with E-state index in [9.17, 15) is 9.59 Å². The molecule has 3 aromatic rings. The highest BCUT2D eigenvalue weighted by Gasteiger charge is 2.40. The van der Waals surface area contributed by atoms with Gasteiger partial charge in [0.25, 0.3) is 0 Å². The fourth-order valence-corrected chi connectivity index (χ4v) is 4.14. The van der Waals surface area contributed by atoms with Crippen LogP contribution in [0.25, 0.3) is 0 Å². The summed E-state index contributed by atoms with van der Waals surface area (Å²) in [5.41, 5.74) is 3.35. The maximum atomic E-state index is 12.8. The molecule has 1 aliphatic heterocycles. The first-order valence-electron chi connectivity index (χ1n) is 11.0. The molecule has 0 unspecified atom stereocenters. The van der Waals surface area contributed by atoms with Crippen molar-refractivity contribution in [2.24, 2.45) is 0 Å². The van der Waals surface area contributed by atoms with Crippen molar-refractivity contribution in [2.45, 2.75) is 38.9 Å². The van der Waals surface area contributed by atoms with Crippen molar-refractivity contribution in [3.05, 3.63) is 88.4 Å². The summed E-state index contributed by atoms with van der Waals surface area (Å²) in [4.78, 5) is 25.5. The Balaban J connectivity index is 1.58. The number of amides is 1. The van der Waals surface area contributed by atoms with Gasteiger partial charge in [0.05, 0.1) is 19.0 Å². The summed E-state index contributed by atoms with van der Waals surface area (Å²) in [5, 5.41) is 9.70. The number of halogens is 1. The summed E-state index contributed by atoms with van der Waals surface area (Å²) in [5.74, 6) is 0.217. The van der Waals surface area contributed by atoms with Crippen LogP contribution in [0, 0.1) is 0 Å². The lowest BCUT2D eigenvalue weighted by Crippen LogP contribution is -2.32. The van der Waals surface area contributed by atoms with Gasteiger partial charge in [-0.05, 0) is 48.4 Å². The Kier molecular flexibility index (Phi) is 7.13. The fraction of sp³-hybridized carbons (Fsp3) is 0.231. The van der Waals surface area contributed by atoms with E-state index in [-0.39, 0.29) is 12.5 Å². The average Bonchev–Trinajstić information content (AvgIpc) is 3.09. The topological polar surface area (TPSA) is 76.1 Å². The third-order valence-electron chi connectivity index (χ3n) is 5.83. The van der Waals surface area contributed by atoms with Crippen LogP contribution in [0.4, 0.5) is 4.79 Å². The van der Waals surface area contributed by atoms with E-state index in [1.54, 1.807) is 41.3 Å². The Morgan fingerprint density at radius 2 is 1.91 bits per heavy atom. The van der Waals surface area contributed by atoms with E-state index in [0.29, 0.717) is 28.6 Å². The Morgan fingerprint density at radius 3 is 2.62 bits per heavy atom. The van der Waals surface area contributed by atoms with E-state index < -0.39 is 18.2 Å². The zero-order chi connectivity index (χ0) is 24.2. The molecule has 0 aromatic heterocycles. The molecule has 1 heterocycles. The number of hydrogen-bond acceptors (Lipinski definition) is 4.